The molecule has 0 aliphatic carbocycles. The first-order valence-electron chi connectivity index (χ1n) is 5.14. The molecular weight excluding hydrogens is 174 g/mol. The smallest absolute Gasteiger partial charge is 0.119 e. The van der Waals surface area contributed by atoms with Crippen molar-refractivity contribution in [3.8, 4) is 5.75 Å². The van der Waals surface area contributed by atoms with Crippen molar-refractivity contribution in [3.63, 3.8) is 0 Å². The lowest BCUT2D eigenvalue weighted by Gasteiger charge is -2.10. The Hall–Kier alpha value is -1.02. The molecule has 0 saturated carbocycles. The minimum atomic E-state index is 0.980. The number of nitrogens with zero attached hydrogens (tertiary/aromatic N) is 1. The third-order valence-corrected chi connectivity index (χ3v) is 2.94. The average Bonchev–Trinajstić information content (AvgIpc) is 2.40. The zero-order valence-electron chi connectivity index (χ0n) is 8.92. The van der Waals surface area contributed by atoms with E-state index in [1.807, 2.05) is 0 Å². The molecule has 0 unspecified atom stereocenters. The maximum absolute atomic E-state index is 5.23. The Kier molecular flexibility index (Phi) is 2.73. The van der Waals surface area contributed by atoms with Crippen LogP contribution < -0.4 is 4.74 Å². The van der Waals surface area contributed by atoms with Gasteiger partial charge in [-0.1, -0.05) is 6.07 Å². The molecule has 2 rings (SSSR count). The summed E-state index contributed by atoms with van der Waals surface area (Å²) in [6, 6.07) is 6.44. The normalized spacial score (nSPS) is 17.3. The summed E-state index contributed by atoms with van der Waals surface area (Å²) in [6.45, 7) is 2.32. The second kappa shape index (κ2) is 4.01. The Labute approximate surface area is 85.5 Å². The molecule has 1 heterocycles. The second-order valence-electron chi connectivity index (χ2n) is 3.94. The SMILES string of the molecule is COc1ccc2c(c1)CCN(C)CC2. The van der Waals surface area contributed by atoms with E-state index in [1.54, 1.807) is 7.11 Å². The fourth-order valence-electron chi connectivity index (χ4n) is 1.94. The third kappa shape index (κ3) is 1.90. The molecule has 0 N–H and O–H groups in total. The minimum absolute atomic E-state index is 0.980. The monoisotopic (exact) mass is 191 g/mol. The summed E-state index contributed by atoms with van der Waals surface area (Å²) in [5.41, 5.74) is 2.93. The van der Waals surface area contributed by atoms with Crippen LogP contribution in [0.5, 0.6) is 5.75 Å². The molecule has 76 valence electrons. The van der Waals surface area contributed by atoms with Crippen molar-refractivity contribution in [2.75, 3.05) is 27.2 Å². The molecule has 2 heteroatoms. The fourth-order valence-corrected chi connectivity index (χ4v) is 1.94. The van der Waals surface area contributed by atoms with Gasteiger partial charge in [-0.25, -0.2) is 0 Å². The largest absolute Gasteiger partial charge is 0.497 e. The molecule has 0 aromatic heterocycles. The lowest BCUT2D eigenvalue weighted by atomic mass is 10.0. The quantitative estimate of drug-likeness (QED) is 0.670. The summed E-state index contributed by atoms with van der Waals surface area (Å²) >= 11 is 0. The third-order valence-electron chi connectivity index (χ3n) is 2.94. The van der Waals surface area contributed by atoms with Gasteiger partial charge in [0.05, 0.1) is 7.11 Å². The van der Waals surface area contributed by atoms with Crippen molar-refractivity contribution >= 4 is 0 Å². The minimum Gasteiger partial charge on any atom is -0.497 e. The summed E-state index contributed by atoms with van der Waals surface area (Å²) in [6.07, 6.45) is 2.30. The Bertz CT molecular complexity index is 322. The van der Waals surface area contributed by atoms with Crippen molar-refractivity contribution in [3.05, 3.63) is 29.3 Å². The summed E-state index contributed by atoms with van der Waals surface area (Å²) in [4.78, 5) is 2.38. The Morgan fingerprint density at radius 3 is 2.57 bits per heavy atom. The van der Waals surface area contributed by atoms with Crippen LogP contribution in [0.25, 0.3) is 0 Å². The van der Waals surface area contributed by atoms with Gasteiger partial charge >= 0.3 is 0 Å². The van der Waals surface area contributed by atoms with Crippen LogP contribution in [0.2, 0.25) is 0 Å². The van der Waals surface area contributed by atoms with Gasteiger partial charge in [0.25, 0.3) is 0 Å². The van der Waals surface area contributed by atoms with E-state index >= 15 is 0 Å². The van der Waals surface area contributed by atoms with Gasteiger partial charge in [-0.15, -0.1) is 0 Å². The van der Waals surface area contributed by atoms with Gasteiger partial charge in [-0.05, 0) is 43.1 Å². The number of methoxy groups -OCH3 is 1. The van der Waals surface area contributed by atoms with Gasteiger partial charge < -0.3 is 9.64 Å². The molecule has 0 bridgehead atoms. The van der Waals surface area contributed by atoms with Gasteiger partial charge in [0.2, 0.25) is 0 Å². The number of rotatable bonds is 1. The van der Waals surface area contributed by atoms with Crippen LogP contribution in [0.15, 0.2) is 18.2 Å². The fraction of sp³-hybridized carbons (Fsp3) is 0.500. The van der Waals surface area contributed by atoms with E-state index in [1.165, 1.54) is 17.7 Å². The number of ether oxygens (including phenoxy) is 1. The van der Waals surface area contributed by atoms with Crippen LogP contribution in [0.1, 0.15) is 11.1 Å². The molecular formula is C12H17NO. The van der Waals surface area contributed by atoms with Gasteiger partial charge in [-0.3, -0.25) is 0 Å². The highest BCUT2D eigenvalue weighted by Gasteiger charge is 2.11. The van der Waals surface area contributed by atoms with Gasteiger partial charge in [0, 0.05) is 13.1 Å². The summed E-state index contributed by atoms with van der Waals surface area (Å²) in [5, 5.41) is 0. The predicted octanol–water partition coefficient (Wildman–Crippen LogP) is 1.73. The number of hydrogen-bond acceptors (Lipinski definition) is 2. The molecule has 0 atom stereocenters. The Morgan fingerprint density at radius 2 is 1.86 bits per heavy atom. The molecule has 0 spiro atoms. The standard InChI is InChI=1S/C12H17NO/c1-13-7-5-10-3-4-12(14-2)9-11(10)6-8-13/h3-4,9H,5-8H2,1-2H3. The van der Waals surface area contributed by atoms with Crippen LogP contribution in [-0.2, 0) is 12.8 Å². The van der Waals surface area contributed by atoms with Crippen molar-refractivity contribution < 1.29 is 4.74 Å². The first-order valence-corrected chi connectivity index (χ1v) is 5.14. The van der Waals surface area contributed by atoms with Gasteiger partial charge in [-0.2, -0.15) is 0 Å². The number of benzene rings is 1. The van der Waals surface area contributed by atoms with E-state index in [0.29, 0.717) is 0 Å². The maximum atomic E-state index is 5.23. The van der Waals surface area contributed by atoms with E-state index in [4.69, 9.17) is 4.74 Å². The van der Waals surface area contributed by atoms with Crippen LogP contribution >= 0.6 is 0 Å². The molecule has 0 saturated heterocycles. The van der Waals surface area contributed by atoms with Crippen molar-refractivity contribution in [2.45, 2.75) is 12.8 Å². The highest BCUT2D eigenvalue weighted by molar-refractivity contribution is 5.36. The van der Waals surface area contributed by atoms with Crippen LogP contribution in [0.4, 0.5) is 0 Å². The van der Waals surface area contributed by atoms with Crippen molar-refractivity contribution in [1.29, 1.82) is 0 Å². The molecule has 2 nitrogen and oxygen atoms in total. The zero-order valence-corrected chi connectivity index (χ0v) is 8.92. The van der Waals surface area contributed by atoms with Crippen LogP contribution in [-0.4, -0.2) is 32.1 Å². The van der Waals surface area contributed by atoms with E-state index < -0.39 is 0 Å². The molecule has 0 radical (unpaired) electrons. The van der Waals surface area contributed by atoms with E-state index in [9.17, 15) is 0 Å². The highest BCUT2D eigenvalue weighted by atomic mass is 16.5. The number of hydrogen-bond donors (Lipinski definition) is 0. The van der Waals surface area contributed by atoms with E-state index in [-0.39, 0.29) is 0 Å². The Morgan fingerprint density at radius 1 is 1.14 bits per heavy atom. The van der Waals surface area contributed by atoms with Gasteiger partial charge in [0.15, 0.2) is 0 Å². The van der Waals surface area contributed by atoms with Crippen LogP contribution in [0, 0.1) is 0 Å². The molecule has 1 aliphatic heterocycles. The highest BCUT2D eigenvalue weighted by Crippen LogP contribution is 2.21. The molecule has 0 amide bonds. The molecule has 1 aromatic rings. The number of likely N-dealkylation sites (N-methyl/N-ethyl adjacent to an activating group) is 1. The van der Waals surface area contributed by atoms with Crippen LogP contribution in [0.3, 0.4) is 0 Å². The Balaban J connectivity index is 2.27. The summed E-state index contributed by atoms with van der Waals surface area (Å²) < 4.78 is 5.23. The van der Waals surface area contributed by atoms with Gasteiger partial charge in [0.1, 0.15) is 5.75 Å². The van der Waals surface area contributed by atoms with Crippen molar-refractivity contribution in [1.82, 2.24) is 4.90 Å². The average molecular weight is 191 g/mol. The zero-order chi connectivity index (χ0) is 9.97. The maximum Gasteiger partial charge on any atom is 0.119 e. The first kappa shape index (κ1) is 9.53. The number of fused-ring (bicyclic) bond motifs is 1. The first-order chi connectivity index (χ1) is 6.79. The topological polar surface area (TPSA) is 12.5 Å². The van der Waals surface area contributed by atoms with Crippen molar-refractivity contribution in [2.24, 2.45) is 0 Å². The summed E-state index contributed by atoms with van der Waals surface area (Å²) in [5.74, 6) is 0.980. The lowest BCUT2D eigenvalue weighted by molar-refractivity contribution is 0.352. The van der Waals surface area contributed by atoms with E-state index in [0.717, 1.165) is 25.1 Å². The molecule has 1 aliphatic rings. The van der Waals surface area contributed by atoms with E-state index in [2.05, 4.69) is 30.1 Å². The lowest BCUT2D eigenvalue weighted by Crippen LogP contribution is -2.20. The summed E-state index contributed by atoms with van der Waals surface area (Å²) in [7, 11) is 3.91. The molecule has 14 heavy (non-hydrogen) atoms. The molecule has 0 fully saturated rings. The molecule has 1 aromatic carbocycles. The second-order valence-corrected chi connectivity index (χ2v) is 3.94. The predicted molar refractivity (Wildman–Crippen MR) is 57.9 cm³/mol.